The highest BCUT2D eigenvalue weighted by Crippen LogP contribution is 2.28. The van der Waals surface area contributed by atoms with E-state index in [9.17, 15) is 9.59 Å². The number of allylic oxidation sites excluding steroid dienone is 4. The number of amides is 2. The maximum atomic E-state index is 12.1. The molecule has 1 saturated heterocycles. The SMILES string of the molecule is CCCCN1C(=O)CC(CC2=CCCC=C2)C1=O. The molecule has 18 heavy (non-hydrogen) atoms. The van der Waals surface area contributed by atoms with Gasteiger partial charge in [0.1, 0.15) is 0 Å². The van der Waals surface area contributed by atoms with Crippen LogP contribution in [0.3, 0.4) is 0 Å². The fraction of sp³-hybridized carbons (Fsp3) is 0.600. The molecule has 0 aromatic rings. The summed E-state index contributed by atoms with van der Waals surface area (Å²) in [5.41, 5.74) is 1.21. The van der Waals surface area contributed by atoms with Crippen LogP contribution < -0.4 is 0 Å². The van der Waals surface area contributed by atoms with Crippen molar-refractivity contribution in [3.63, 3.8) is 0 Å². The van der Waals surface area contributed by atoms with Crippen molar-refractivity contribution in [2.75, 3.05) is 6.54 Å². The molecule has 2 aliphatic rings. The molecule has 0 bridgehead atoms. The van der Waals surface area contributed by atoms with Crippen LogP contribution in [0.2, 0.25) is 0 Å². The van der Waals surface area contributed by atoms with Crippen LogP contribution in [0, 0.1) is 5.92 Å². The van der Waals surface area contributed by atoms with Gasteiger partial charge in [-0.3, -0.25) is 14.5 Å². The molecule has 1 unspecified atom stereocenters. The summed E-state index contributed by atoms with van der Waals surface area (Å²) < 4.78 is 0. The van der Waals surface area contributed by atoms with Crippen LogP contribution in [0.1, 0.15) is 45.4 Å². The maximum absolute atomic E-state index is 12.1. The van der Waals surface area contributed by atoms with E-state index in [-0.39, 0.29) is 17.7 Å². The molecule has 0 saturated carbocycles. The van der Waals surface area contributed by atoms with Crippen molar-refractivity contribution in [1.82, 2.24) is 4.90 Å². The Kier molecular flexibility index (Phi) is 4.34. The van der Waals surface area contributed by atoms with Gasteiger partial charge in [-0.1, -0.05) is 37.1 Å². The molecule has 0 radical (unpaired) electrons. The predicted molar refractivity (Wildman–Crippen MR) is 70.8 cm³/mol. The first kappa shape index (κ1) is 13.1. The normalized spacial score (nSPS) is 23.7. The standard InChI is InChI=1S/C15H21NO2/c1-2-3-9-16-14(17)11-13(15(16)18)10-12-7-5-4-6-8-12/h5,7-8,13H,2-4,6,9-11H2,1H3. The van der Waals surface area contributed by atoms with Gasteiger partial charge >= 0.3 is 0 Å². The van der Waals surface area contributed by atoms with Crippen molar-refractivity contribution in [3.05, 3.63) is 23.8 Å². The Labute approximate surface area is 109 Å². The Morgan fingerprint density at radius 2 is 2.17 bits per heavy atom. The van der Waals surface area contributed by atoms with E-state index < -0.39 is 0 Å². The summed E-state index contributed by atoms with van der Waals surface area (Å²) in [5, 5.41) is 0. The molecule has 0 aromatic heterocycles. The van der Waals surface area contributed by atoms with Crippen LogP contribution in [-0.4, -0.2) is 23.3 Å². The summed E-state index contributed by atoms with van der Waals surface area (Å²) in [6.45, 7) is 2.67. The zero-order valence-corrected chi connectivity index (χ0v) is 11.0. The molecular formula is C15H21NO2. The van der Waals surface area contributed by atoms with Gasteiger partial charge in [0.05, 0.1) is 5.92 Å². The number of unbranched alkanes of at least 4 members (excludes halogenated alkanes) is 1. The number of rotatable bonds is 5. The lowest BCUT2D eigenvalue weighted by Gasteiger charge is -2.15. The molecule has 3 nitrogen and oxygen atoms in total. The molecule has 1 heterocycles. The molecule has 2 rings (SSSR count). The third-order valence-electron chi connectivity index (χ3n) is 3.63. The minimum Gasteiger partial charge on any atom is -0.282 e. The second kappa shape index (κ2) is 5.98. The molecule has 0 N–H and O–H groups in total. The van der Waals surface area contributed by atoms with E-state index in [1.807, 2.05) is 0 Å². The minimum atomic E-state index is -0.122. The third-order valence-corrected chi connectivity index (χ3v) is 3.63. The topological polar surface area (TPSA) is 37.4 Å². The fourth-order valence-electron chi connectivity index (χ4n) is 2.57. The van der Waals surface area contributed by atoms with E-state index in [1.165, 1.54) is 10.5 Å². The van der Waals surface area contributed by atoms with Crippen LogP contribution in [0.25, 0.3) is 0 Å². The number of carbonyl (C=O) groups is 2. The fourth-order valence-corrected chi connectivity index (χ4v) is 2.57. The van der Waals surface area contributed by atoms with Gasteiger partial charge in [0.2, 0.25) is 11.8 Å². The van der Waals surface area contributed by atoms with E-state index >= 15 is 0 Å². The van der Waals surface area contributed by atoms with Crippen molar-refractivity contribution in [1.29, 1.82) is 0 Å². The van der Waals surface area contributed by atoms with Crippen LogP contribution in [0.4, 0.5) is 0 Å². The molecular weight excluding hydrogens is 226 g/mol. The molecule has 1 aliphatic heterocycles. The van der Waals surface area contributed by atoms with Crippen molar-refractivity contribution in [3.8, 4) is 0 Å². The summed E-state index contributed by atoms with van der Waals surface area (Å²) in [4.78, 5) is 25.4. The van der Waals surface area contributed by atoms with Gasteiger partial charge in [-0.25, -0.2) is 0 Å². The van der Waals surface area contributed by atoms with Crippen molar-refractivity contribution < 1.29 is 9.59 Å². The van der Waals surface area contributed by atoms with E-state index in [0.717, 1.165) is 32.1 Å². The Morgan fingerprint density at radius 1 is 1.33 bits per heavy atom. The minimum absolute atomic E-state index is 0.0128. The van der Waals surface area contributed by atoms with E-state index in [1.54, 1.807) is 0 Å². The van der Waals surface area contributed by atoms with Crippen LogP contribution in [-0.2, 0) is 9.59 Å². The summed E-state index contributed by atoms with van der Waals surface area (Å²) in [5.74, 6) is -0.0736. The number of hydrogen-bond acceptors (Lipinski definition) is 2. The van der Waals surface area contributed by atoms with Crippen molar-refractivity contribution in [2.24, 2.45) is 5.92 Å². The number of nitrogens with zero attached hydrogens (tertiary/aromatic N) is 1. The smallest absolute Gasteiger partial charge is 0.233 e. The number of carbonyl (C=O) groups excluding carboxylic acids is 2. The largest absolute Gasteiger partial charge is 0.282 e. The highest BCUT2D eigenvalue weighted by atomic mass is 16.2. The predicted octanol–water partition coefficient (Wildman–Crippen LogP) is 2.83. The molecule has 1 atom stereocenters. The number of hydrogen-bond donors (Lipinski definition) is 0. The number of likely N-dealkylation sites (tertiary alicyclic amines) is 1. The molecule has 0 spiro atoms. The van der Waals surface area contributed by atoms with E-state index in [2.05, 4.69) is 25.2 Å². The van der Waals surface area contributed by atoms with Gasteiger partial charge in [-0.05, 0) is 25.7 Å². The first-order valence-electron chi connectivity index (χ1n) is 6.92. The zero-order valence-electron chi connectivity index (χ0n) is 11.0. The summed E-state index contributed by atoms with van der Waals surface area (Å²) in [7, 11) is 0. The lowest BCUT2D eigenvalue weighted by molar-refractivity contribution is -0.139. The molecule has 98 valence electrons. The lowest BCUT2D eigenvalue weighted by Crippen LogP contribution is -2.31. The maximum Gasteiger partial charge on any atom is 0.233 e. The van der Waals surface area contributed by atoms with Gasteiger partial charge in [-0.15, -0.1) is 0 Å². The molecule has 1 fully saturated rings. The second-order valence-corrected chi connectivity index (χ2v) is 5.10. The van der Waals surface area contributed by atoms with Gasteiger partial charge in [0.15, 0.2) is 0 Å². The van der Waals surface area contributed by atoms with Gasteiger partial charge in [0, 0.05) is 13.0 Å². The Balaban J connectivity index is 1.95. The summed E-state index contributed by atoms with van der Waals surface area (Å²) in [6.07, 6.45) is 11.6. The van der Waals surface area contributed by atoms with Gasteiger partial charge in [-0.2, -0.15) is 0 Å². The molecule has 0 aromatic carbocycles. The zero-order chi connectivity index (χ0) is 13.0. The Hall–Kier alpha value is -1.38. The quantitative estimate of drug-likeness (QED) is 0.700. The van der Waals surface area contributed by atoms with Crippen LogP contribution in [0.15, 0.2) is 23.8 Å². The Bertz CT molecular complexity index is 395. The highest BCUT2D eigenvalue weighted by molar-refractivity contribution is 6.03. The molecule has 2 amide bonds. The first-order chi connectivity index (χ1) is 8.72. The molecule has 1 aliphatic carbocycles. The third kappa shape index (κ3) is 2.89. The van der Waals surface area contributed by atoms with E-state index in [0.29, 0.717) is 13.0 Å². The lowest BCUT2D eigenvalue weighted by atomic mass is 9.94. The second-order valence-electron chi connectivity index (χ2n) is 5.10. The van der Waals surface area contributed by atoms with Crippen LogP contribution in [0.5, 0.6) is 0 Å². The van der Waals surface area contributed by atoms with E-state index in [4.69, 9.17) is 0 Å². The average Bonchev–Trinajstić information content (AvgIpc) is 2.64. The van der Waals surface area contributed by atoms with Crippen molar-refractivity contribution in [2.45, 2.75) is 45.4 Å². The summed E-state index contributed by atoms with van der Waals surface area (Å²) in [6, 6.07) is 0. The van der Waals surface area contributed by atoms with Gasteiger partial charge < -0.3 is 0 Å². The van der Waals surface area contributed by atoms with Gasteiger partial charge in [0.25, 0.3) is 0 Å². The van der Waals surface area contributed by atoms with Crippen molar-refractivity contribution >= 4 is 11.8 Å². The first-order valence-corrected chi connectivity index (χ1v) is 6.92. The summed E-state index contributed by atoms with van der Waals surface area (Å²) >= 11 is 0. The average molecular weight is 247 g/mol. The number of imide groups is 1. The molecule has 3 heteroatoms. The Morgan fingerprint density at radius 3 is 2.83 bits per heavy atom. The highest BCUT2D eigenvalue weighted by Gasteiger charge is 2.37. The van der Waals surface area contributed by atoms with Crippen LogP contribution >= 0.6 is 0 Å². The monoisotopic (exact) mass is 247 g/mol.